The summed E-state index contributed by atoms with van der Waals surface area (Å²) in [6.45, 7) is 3.38. The van der Waals surface area contributed by atoms with Crippen molar-refractivity contribution in [3.63, 3.8) is 0 Å². The molecule has 0 saturated heterocycles. The third-order valence-corrected chi connectivity index (χ3v) is 3.30. The Balaban J connectivity index is 2.11. The maximum Gasteiger partial charge on any atom is 0.471 e. The summed E-state index contributed by atoms with van der Waals surface area (Å²) in [5.41, 5.74) is -0.447. The van der Waals surface area contributed by atoms with E-state index in [0.717, 1.165) is 12.1 Å². The zero-order valence-electron chi connectivity index (χ0n) is 14.3. The Morgan fingerprint density at radius 2 is 2.04 bits per heavy atom. The Kier molecular flexibility index (Phi) is 6.13. The summed E-state index contributed by atoms with van der Waals surface area (Å²) < 4.78 is 60.4. The molecule has 0 aliphatic carbocycles. The number of carbonyl (C=O) groups is 2. The van der Waals surface area contributed by atoms with Crippen LogP contribution in [0.2, 0.25) is 0 Å². The van der Waals surface area contributed by atoms with E-state index in [-0.39, 0.29) is 24.2 Å². The monoisotopic (exact) mass is 389 g/mol. The van der Waals surface area contributed by atoms with Gasteiger partial charge in [0.2, 0.25) is 5.82 Å². The van der Waals surface area contributed by atoms with Gasteiger partial charge in [0, 0.05) is 11.6 Å². The van der Waals surface area contributed by atoms with E-state index in [1.807, 2.05) is 0 Å². The van der Waals surface area contributed by atoms with Crippen LogP contribution in [0.1, 0.15) is 36.5 Å². The van der Waals surface area contributed by atoms with Gasteiger partial charge in [-0.25, -0.2) is 4.39 Å². The van der Waals surface area contributed by atoms with Gasteiger partial charge < -0.3 is 14.6 Å². The van der Waals surface area contributed by atoms with E-state index in [0.29, 0.717) is 0 Å². The first-order valence-corrected chi connectivity index (χ1v) is 7.79. The number of nitrogens with zero attached hydrogens (tertiary/aromatic N) is 2. The molecule has 1 unspecified atom stereocenters. The molecular weight excluding hydrogens is 374 g/mol. The average Bonchev–Trinajstić information content (AvgIpc) is 3.04. The molecule has 2 rings (SSSR count). The molecule has 1 heterocycles. The van der Waals surface area contributed by atoms with E-state index in [2.05, 4.69) is 20.0 Å². The fraction of sp³-hybridized carbons (Fsp3) is 0.375. The zero-order chi connectivity index (χ0) is 20.2. The van der Waals surface area contributed by atoms with Crippen molar-refractivity contribution in [2.45, 2.75) is 32.5 Å². The molecule has 1 aromatic carbocycles. The lowest BCUT2D eigenvalue weighted by Crippen LogP contribution is -2.35. The minimum atomic E-state index is -4.82. The van der Waals surface area contributed by atoms with Crippen molar-refractivity contribution >= 4 is 11.9 Å². The van der Waals surface area contributed by atoms with Crippen LogP contribution in [0.4, 0.5) is 17.6 Å². The fourth-order valence-electron chi connectivity index (χ4n) is 2.12. The first kappa shape index (κ1) is 20.3. The van der Waals surface area contributed by atoms with E-state index in [1.54, 1.807) is 13.8 Å². The fourth-order valence-corrected chi connectivity index (χ4v) is 2.12. The number of alkyl halides is 3. The summed E-state index contributed by atoms with van der Waals surface area (Å²) in [7, 11) is 0. The van der Waals surface area contributed by atoms with E-state index in [4.69, 9.17) is 4.74 Å². The summed E-state index contributed by atoms with van der Waals surface area (Å²) in [6, 6.07) is 2.46. The summed E-state index contributed by atoms with van der Waals surface area (Å²) in [5, 5.41) is 5.57. The van der Waals surface area contributed by atoms with Crippen molar-refractivity contribution in [3.05, 3.63) is 35.5 Å². The molecule has 1 amide bonds. The number of benzene rings is 1. The van der Waals surface area contributed by atoms with Gasteiger partial charge in [-0.15, -0.1) is 0 Å². The van der Waals surface area contributed by atoms with Crippen LogP contribution in [-0.4, -0.2) is 34.7 Å². The molecular formula is C16H15F4N3O4. The van der Waals surface area contributed by atoms with Crippen molar-refractivity contribution < 1.29 is 36.4 Å². The molecule has 0 aliphatic rings. The highest BCUT2D eigenvalue weighted by Gasteiger charge is 2.38. The largest absolute Gasteiger partial charge is 0.471 e. The van der Waals surface area contributed by atoms with E-state index in [9.17, 15) is 27.2 Å². The molecule has 0 aliphatic heterocycles. The molecule has 7 nitrogen and oxygen atoms in total. The number of aromatic nitrogens is 2. The minimum absolute atomic E-state index is 0.0946. The highest BCUT2D eigenvalue weighted by atomic mass is 19.4. The molecule has 1 aromatic heterocycles. The van der Waals surface area contributed by atoms with Gasteiger partial charge in [-0.05, 0) is 26.0 Å². The Morgan fingerprint density at radius 1 is 1.33 bits per heavy atom. The number of amides is 1. The zero-order valence-corrected chi connectivity index (χ0v) is 14.3. The van der Waals surface area contributed by atoms with Gasteiger partial charge in [0.25, 0.3) is 5.91 Å². The van der Waals surface area contributed by atoms with Crippen molar-refractivity contribution in [2.75, 3.05) is 6.61 Å². The first-order valence-electron chi connectivity index (χ1n) is 7.79. The molecule has 0 saturated carbocycles. The van der Waals surface area contributed by atoms with Gasteiger partial charge in [0.05, 0.1) is 18.6 Å². The van der Waals surface area contributed by atoms with E-state index >= 15 is 0 Å². The van der Waals surface area contributed by atoms with Crippen LogP contribution in [0.5, 0.6) is 0 Å². The Morgan fingerprint density at radius 3 is 2.59 bits per heavy atom. The van der Waals surface area contributed by atoms with Gasteiger partial charge in [-0.3, -0.25) is 9.59 Å². The average molecular weight is 389 g/mol. The molecule has 27 heavy (non-hydrogen) atoms. The lowest BCUT2D eigenvalue weighted by molar-refractivity contribution is -0.159. The third-order valence-electron chi connectivity index (χ3n) is 3.30. The van der Waals surface area contributed by atoms with E-state index in [1.165, 1.54) is 6.07 Å². The van der Waals surface area contributed by atoms with Crippen molar-refractivity contribution in [1.82, 2.24) is 15.5 Å². The number of hydrogen-bond donors (Lipinski definition) is 1. The lowest BCUT2D eigenvalue weighted by Gasteiger charge is -2.13. The molecule has 0 radical (unpaired) electrons. The Bertz CT molecular complexity index is 835. The summed E-state index contributed by atoms with van der Waals surface area (Å²) in [5.74, 6) is -4.33. The number of hydrogen-bond acceptors (Lipinski definition) is 6. The van der Waals surface area contributed by atoms with Crippen LogP contribution >= 0.6 is 0 Å². The van der Waals surface area contributed by atoms with Crippen molar-refractivity contribution in [2.24, 2.45) is 0 Å². The standard InChI is InChI=1S/C16H15F4N3O4/c1-3-26-12(24)6-8(2)21-14(25)10-5-4-9(7-11(10)17)13-22-15(27-23-13)16(18,19)20/h4-5,7-8H,3,6H2,1-2H3,(H,21,25). The molecule has 0 fully saturated rings. The van der Waals surface area contributed by atoms with Crippen LogP contribution in [0, 0.1) is 5.82 Å². The predicted octanol–water partition coefficient (Wildman–Crippen LogP) is 2.97. The Labute approximate surface area is 150 Å². The van der Waals surface area contributed by atoms with Gasteiger partial charge in [0.15, 0.2) is 0 Å². The summed E-state index contributed by atoms with van der Waals surface area (Å²) in [4.78, 5) is 26.6. The molecule has 146 valence electrons. The van der Waals surface area contributed by atoms with Gasteiger partial charge in [-0.2, -0.15) is 18.2 Å². The third kappa shape index (κ3) is 5.25. The van der Waals surface area contributed by atoms with Gasteiger partial charge in [0.1, 0.15) is 5.82 Å². The normalized spacial score (nSPS) is 12.5. The second-order valence-electron chi connectivity index (χ2n) is 5.50. The quantitative estimate of drug-likeness (QED) is 0.603. The van der Waals surface area contributed by atoms with Crippen LogP contribution in [0.3, 0.4) is 0 Å². The van der Waals surface area contributed by atoms with Crippen LogP contribution in [0.15, 0.2) is 22.7 Å². The number of esters is 1. The highest BCUT2D eigenvalue weighted by Crippen LogP contribution is 2.29. The number of rotatable bonds is 6. The second kappa shape index (κ2) is 8.14. The highest BCUT2D eigenvalue weighted by molar-refractivity contribution is 5.95. The maximum absolute atomic E-state index is 14.2. The second-order valence-corrected chi connectivity index (χ2v) is 5.50. The summed E-state index contributed by atoms with van der Waals surface area (Å²) in [6.07, 6.45) is -4.92. The molecule has 0 bridgehead atoms. The predicted molar refractivity (Wildman–Crippen MR) is 82.9 cm³/mol. The number of carbonyl (C=O) groups excluding carboxylic acids is 2. The van der Waals surface area contributed by atoms with Crippen molar-refractivity contribution in [1.29, 1.82) is 0 Å². The van der Waals surface area contributed by atoms with Gasteiger partial charge >= 0.3 is 18.0 Å². The van der Waals surface area contributed by atoms with Crippen LogP contribution in [0.25, 0.3) is 11.4 Å². The maximum atomic E-state index is 14.2. The van der Waals surface area contributed by atoms with Crippen LogP contribution in [-0.2, 0) is 15.7 Å². The number of nitrogens with one attached hydrogen (secondary N) is 1. The first-order chi connectivity index (χ1) is 12.6. The van der Waals surface area contributed by atoms with Crippen LogP contribution < -0.4 is 5.32 Å². The SMILES string of the molecule is CCOC(=O)CC(C)NC(=O)c1ccc(-c2noc(C(F)(F)F)n2)cc1F. The van der Waals surface area contributed by atoms with E-state index < -0.39 is 41.6 Å². The topological polar surface area (TPSA) is 94.3 Å². The molecule has 2 aromatic rings. The molecule has 0 spiro atoms. The van der Waals surface area contributed by atoms with Gasteiger partial charge in [-0.1, -0.05) is 11.2 Å². The molecule has 11 heteroatoms. The number of halogens is 4. The smallest absolute Gasteiger partial charge is 0.466 e. The molecule has 1 atom stereocenters. The Hall–Kier alpha value is -2.98. The summed E-state index contributed by atoms with van der Waals surface area (Å²) >= 11 is 0. The minimum Gasteiger partial charge on any atom is -0.466 e. The number of ether oxygens (including phenoxy) is 1. The van der Waals surface area contributed by atoms with Crippen molar-refractivity contribution in [3.8, 4) is 11.4 Å². The molecule has 1 N–H and O–H groups in total. The lowest BCUT2D eigenvalue weighted by atomic mass is 10.1.